The standard InChI is InChI=1S/C10H8ClN3O2/c11-8-3-1-2-7(4-8)5-12-14-6-9(15)13-10(14)16/h1-5H,6H2,(H,13,15,16)/b12-5-. The van der Waals surface area contributed by atoms with Crippen LogP contribution in [0.1, 0.15) is 5.56 Å². The Bertz CT molecular complexity index is 473. The molecule has 2 rings (SSSR count). The molecule has 0 bridgehead atoms. The fourth-order valence-corrected chi connectivity index (χ4v) is 1.45. The maximum Gasteiger partial charge on any atom is 0.344 e. The van der Waals surface area contributed by atoms with Crippen molar-refractivity contribution in [1.82, 2.24) is 10.3 Å². The van der Waals surface area contributed by atoms with Gasteiger partial charge in [-0.1, -0.05) is 23.7 Å². The fourth-order valence-electron chi connectivity index (χ4n) is 1.25. The number of benzene rings is 1. The second-order valence-electron chi connectivity index (χ2n) is 3.21. The number of nitrogens with zero attached hydrogens (tertiary/aromatic N) is 2. The molecular formula is C10H8ClN3O2. The van der Waals surface area contributed by atoms with Crippen molar-refractivity contribution in [3.63, 3.8) is 0 Å². The first-order valence-corrected chi connectivity index (χ1v) is 4.94. The van der Waals surface area contributed by atoms with E-state index in [0.29, 0.717) is 5.02 Å². The van der Waals surface area contributed by atoms with Gasteiger partial charge >= 0.3 is 6.03 Å². The Morgan fingerprint density at radius 1 is 1.44 bits per heavy atom. The van der Waals surface area contributed by atoms with Crippen LogP contribution in [0.15, 0.2) is 29.4 Å². The molecule has 1 aromatic carbocycles. The minimum atomic E-state index is -0.511. The molecule has 1 heterocycles. The van der Waals surface area contributed by atoms with E-state index < -0.39 is 6.03 Å². The summed E-state index contributed by atoms with van der Waals surface area (Å²) in [7, 11) is 0. The molecule has 1 aromatic rings. The summed E-state index contributed by atoms with van der Waals surface area (Å²) in [5.74, 6) is -0.353. The first-order valence-electron chi connectivity index (χ1n) is 4.56. The topological polar surface area (TPSA) is 61.8 Å². The van der Waals surface area contributed by atoms with Crippen LogP contribution in [0.25, 0.3) is 0 Å². The Morgan fingerprint density at radius 3 is 2.88 bits per heavy atom. The van der Waals surface area contributed by atoms with Gasteiger partial charge in [0.25, 0.3) is 0 Å². The van der Waals surface area contributed by atoms with E-state index in [1.807, 2.05) is 0 Å². The molecule has 16 heavy (non-hydrogen) atoms. The Labute approximate surface area is 96.7 Å². The number of carbonyl (C=O) groups is 2. The van der Waals surface area contributed by atoms with Crippen molar-refractivity contribution in [3.8, 4) is 0 Å². The molecule has 0 atom stereocenters. The average Bonchev–Trinajstić information content (AvgIpc) is 2.54. The molecule has 0 saturated carbocycles. The molecule has 0 spiro atoms. The van der Waals surface area contributed by atoms with Crippen LogP contribution >= 0.6 is 11.6 Å². The molecule has 0 aliphatic carbocycles. The summed E-state index contributed by atoms with van der Waals surface area (Å²) in [6, 6.07) is 6.51. The maximum absolute atomic E-state index is 11.1. The lowest BCUT2D eigenvalue weighted by atomic mass is 10.2. The normalized spacial score (nSPS) is 15.9. The summed E-state index contributed by atoms with van der Waals surface area (Å²) in [6.07, 6.45) is 1.48. The van der Waals surface area contributed by atoms with Gasteiger partial charge in [0.2, 0.25) is 5.91 Å². The van der Waals surface area contributed by atoms with E-state index in [1.54, 1.807) is 24.3 Å². The Kier molecular flexibility index (Phi) is 2.87. The summed E-state index contributed by atoms with van der Waals surface area (Å²) in [4.78, 5) is 22.0. The second-order valence-corrected chi connectivity index (χ2v) is 3.65. The Balaban J connectivity index is 2.10. The van der Waals surface area contributed by atoms with E-state index in [1.165, 1.54) is 6.21 Å². The van der Waals surface area contributed by atoms with Crippen molar-refractivity contribution < 1.29 is 9.59 Å². The summed E-state index contributed by atoms with van der Waals surface area (Å²) < 4.78 is 0. The van der Waals surface area contributed by atoms with E-state index >= 15 is 0 Å². The van der Waals surface area contributed by atoms with Crippen molar-refractivity contribution in [3.05, 3.63) is 34.9 Å². The fraction of sp³-hybridized carbons (Fsp3) is 0.100. The van der Waals surface area contributed by atoms with Crippen LogP contribution in [0.2, 0.25) is 5.02 Å². The largest absolute Gasteiger partial charge is 0.344 e. The maximum atomic E-state index is 11.1. The highest BCUT2D eigenvalue weighted by atomic mass is 35.5. The Morgan fingerprint density at radius 2 is 2.25 bits per heavy atom. The van der Waals surface area contributed by atoms with Crippen LogP contribution < -0.4 is 5.32 Å². The Hall–Kier alpha value is -1.88. The summed E-state index contributed by atoms with van der Waals surface area (Å²) in [5.41, 5.74) is 0.764. The highest BCUT2D eigenvalue weighted by Crippen LogP contribution is 2.09. The van der Waals surface area contributed by atoms with Crippen LogP contribution in [0.5, 0.6) is 0 Å². The highest BCUT2D eigenvalue weighted by molar-refractivity contribution is 6.30. The van der Waals surface area contributed by atoms with E-state index in [9.17, 15) is 9.59 Å². The molecule has 0 aromatic heterocycles. The zero-order valence-corrected chi connectivity index (χ0v) is 8.94. The third-order valence-electron chi connectivity index (χ3n) is 1.97. The predicted octanol–water partition coefficient (Wildman–Crippen LogP) is 1.23. The van der Waals surface area contributed by atoms with E-state index in [-0.39, 0.29) is 12.5 Å². The number of urea groups is 1. The van der Waals surface area contributed by atoms with Gasteiger partial charge in [0.1, 0.15) is 6.54 Å². The number of imide groups is 1. The number of halogens is 1. The minimum Gasteiger partial charge on any atom is -0.275 e. The number of hydrogen-bond acceptors (Lipinski definition) is 3. The lowest BCUT2D eigenvalue weighted by Gasteiger charge is -2.03. The third-order valence-corrected chi connectivity index (χ3v) is 2.20. The predicted molar refractivity (Wildman–Crippen MR) is 59.3 cm³/mol. The molecule has 1 fully saturated rings. The van der Waals surface area contributed by atoms with Gasteiger partial charge in [-0.15, -0.1) is 0 Å². The number of nitrogens with one attached hydrogen (secondary N) is 1. The quantitative estimate of drug-likeness (QED) is 0.621. The van der Waals surface area contributed by atoms with Gasteiger partial charge in [-0.05, 0) is 17.7 Å². The number of amides is 3. The molecule has 1 N–H and O–H groups in total. The molecule has 82 valence electrons. The molecule has 0 unspecified atom stereocenters. The van der Waals surface area contributed by atoms with E-state index in [2.05, 4.69) is 10.4 Å². The number of hydrazone groups is 1. The van der Waals surface area contributed by atoms with Gasteiger partial charge in [0.15, 0.2) is 0 Å². The molecule has 5 nitrogen and oxygen atoms in total. The molecular weight excluding hydrogens is 230 g/mol. The first kappa shape index (κ1) is 10.6. The molecule has 1 saturated heterocycles. The van der Waals surface area contributed by atoms with Crippen molar-refractivity contribution in [2.45, 2.75) is 0 Å². The van der Waals surface area contributed by atoms with Crippen LogP contribution in [0.3, 0.4) is 0 Å². The lowest BCUT2D eigenvalue weighted by Crippen LogP contribution is -2.24. The van der Waals surface area contributed by atoms with E-state index in [0.717, 1.165) is 10.6 Å². The minimum absolute atomic E-state index is 0.0457. The summed E-state index contributed by atoms with van der Waals surface area (Å²) in [6.45, 7) is -0.0457. The van der Waals surface area contributed by atoms with Crippen LogP contribution in [0, 0.1) is 0 Å². The number of rotatable bonds is 2. The zero-order chi connectivity index (χ0) is 11.5. The van der Waals surface area contributed by atoms with Crippen molar-refractivity contribution >= 4 is 29.8 Å². The summed E-state index contributed by atoms with van der Waals surface area (Å²) >= 11 is 5.78. The molecule has 1 aliphatic heterocycles. The van der Waals surface area contributed by atoms with Crippen LogP contribution in [-0.2, 0) is 4.79 Å². The monoisotopic (exact) mass is 237 g/mol. The molecule has 0 radical (unpaired) electrons. The van der Waals surface area contributed by atoms with Crippen molar-refractivity contribution in [2.24, 2.45) is 5.10 Å². The molecule has 1 aliphatic rings. The van der Waals surface area contributed by atoms with Crippen molar-refractivity contribution in [2.75, 3.05) is 6.54 Å². The first-order chi connectivity index (χ1) is 7.65. The molecule has 6 heteroatoms. The van der Waals surface area contributed by atoms with Gasteiger partial charge in [-0.3, -0.25) is 10.1 Å². The second kappa shape index (κ2) is 4.32. The van der Waals surface area contributed by atoms with Gasteiger partial charge in [0.05, 0.1) is 6.21 Å². The zero-order valence-electron chi connectivity index (χ0n) is 8.18. The van der Waals surface area contributed by atoms with Gasteiger partial charge in [0, 0.05) is 5.02 Å². The SMILES string of the molecule is O=C1CN(/N=C\c2cccc(Cl)c2)C(=O)N1. The molecule has 3 amide bonds. The smallest absolute Gasteiger partial charge is 0.275 e. The van der Waals surface area contributed by atoms with Crippen LogP contribution in [-0.4, -0.2) is 29.7 Å². The number of hydrogen-bond donors (Lipinski definition) is 1. The third kappa shape index (κ3) is 2.38. The van der Waals surface area contributed by atoms with Crippen LogP contribution in [0.4, 0.5) is 4.79 Å². The lowest BCUT2D eigenvalue weighted by molar-refractivity contribution is -0.118. The van der Waals surface area contributed by atoms with Gasteiger partial charge in [-0.25, -0.2) is 9.80 Å². The summed E-state index contributed by atoms with van der Waals surface area (Å²) in [5, 5.41) is 7.65. The number of carbonyl (C=O) groups excluding carboxylic acids is 2. The highest BCUT2D eigenvalue weighted by Gasteiger charge is 2.25. The average molecular weight is 238 g/mol. The van der Waals surface area contributed by atoms with Gasteiger partial charge in [-0.2, -0.15) is 5.10 Å². The van der Waals surface area contributed by atoms with Gasteiger partial charge < -0.3 is 0 Å². The van der Waals surface area contributed by atoms with E-state index in [4.69, 9.17) is 11.6 Å². The van der Waals surface area contributed by atoms with Crippen molar-refractivity contribution in [1.29, 1.82) is 0 Å².